The molecule has 0 saturated carbocycles. The van der Waals surface area contributed by atoms with E-state index < -0.39 is 0 Å². The van der Waals surface area contributed by atoms with E-state index in [1.807, 2.05) is 36.4 Å². The minimum Gasteiger partial charge on any atom is -0.300 e. The number of hydrogen-bond donors (Lipinski definition) is 0. The van der Waals surface area contributed by atoms with Crippen molar-refractivity contribution in [3.63, 3.8) is 0 Å². The molecule has 0 unspecified atom stereocenters. The van der Waals surface area contributed by atoms with Crippen molar-refractivity contribution < 1.29 is 43.2 Å². The van der Waals surface area contributed by atoms with Gasteiger partial charge < -0.3 is 24.0 Å². The molecule has 0 aliphatic rings. The molecule has 3 aromatic rings. The van der Waals surface area contributed by atoms with Gasteiger partial charge in [-0.3, -0.25) is 19.2 Å². The second-order valence-corrected chi connectivity index (χ2v) is 10.7. The summed E-state index contributed by atoms with van der Waals surface area (Å²) in [7, 11) is 0. The molecule has 9 nitrogen and oxygen atoms in total. The second kappa shape index (κ2) is 41.0. The number of fused-ring (bicyclic) bond motifs is 1. The lowest BCUT2D eigenvalue weighted by Gasteiger charge is -1.92. The van der Waals surface area contributed by atoms with Crippen molar-refractivity contribution >= 4 is 62.8 Å². The first-order chi connectivity index (χ1) is 22.4. The molecular formula is C40H58O9. The SMILES string of the molecule is CC(=O)C(C)=O.CC(=O)CC(C)=O.CC(C)=O.CC(C)=O.CC(C)=O.CC(C)=O.CC(C)=O.c1ccc2ccccc2c1.c1ccccc1. The van der Waals surface area contributed by atoms with Gasteiger partial charge >= 0.3 is 0 Å². The van der Waals surface area contributed by atoms with Gasteiger partial charge in [0.1, 0.15) is 40.5 Å². The molecule has 0 aliphatic heterocycles. The summed E-state index contributed by atoms with van der Waals surface area (Å²) in [6.07, 6.45) is 0.0833. The van der Waals surface area contributed by atoms with Crippen LogP contribution in [0.25, 0.3) is 10.8 Å². The summed E-state index contributed by atoms with van der Waals surface area (Å²) in [4.78, 5) is 86.9. The Morgan fingerprint density at radius 2 is 0.449 bits per heavy atom. The zero-order valence-electron chi connectivity index (χ0n) is 32.0. The molecule has 3 rings (SSSR count). The lowest BCUT2D eigenvalue weighted by molar-refractivity contribution is -0.134. The van der Waals surface area contributed by atoms with Gasteiger partial charge in [-0.2, -0.15) is 0 Å². The summed E-state index contributed by atoms with van der Waals surface area (Å²) in [5.41, 5.74) is 0. The van der Waals surface area contributed by atoms with Crippen molar-refractivity contribution in [2.24, 2.45) is 0 Å². The molecule has 9 heteroatoms. The maximum atomic E-state index is 10.0. The Morgan fingerprint density at radius 3 is 0.531 bits per heavy atom. The number of rotatable bonds is 3. The first-order valence-electron chi connectivity index (χ1n) is 15.2. The highest BCUT2D eigenvalue weighted by atomic mass is 16.2. The Morgan fingerprint density at radius 1 is 0.306 bits per heavy atom. The third kappa shape index (κ3) is 99.2. The molecule has 3 aromatic carbocycles. The van der Waals surface area contributed by atoms with E-state index in [4.69, 9.17) is 0 Å². The van der Waals surface area contributed by atoms with Gasteiger partial charge in [-0.1, -0.05) is 84.9 Å². The van der Waals surface area contributed by atoms with Crippen LogP contribution in [0.5, 0.6) is 0 Å². The zero-order chi connectivity index (χ0) is 40.0. The Kier molecular flexibility index (Phi) is 47.1. The van der Waals surface area contributed by atoms with Crippen LogP contribution >= 0.6 is 0 Å². The summed E-state index contributed by atoms with van der Waals surface area (Å²) in [5.74, 6) is -0.0509. The molecular weight excluding hydrogens is 624 g/mol. The fraction of sp³-hybridized carbons (Fsp3) is 0.375. The van der Waals surface area contributed by atoms with Crippen LogP contribution in [0.15, 0.2) is 84.9 Å². The maximum Gasteiger partial charge on any atom is 0.195 e. The zero-order valence-corrected chi connectivity index (χ0v) is 32.0. The van der Waals surface area contributed by atoms with Gasteiger partial charge in [0.25, 0.3) is 0 Å². The third-order valence-electron chi connectivity index (χ3n) is 3.32. The predicted octanol–water partition coefficient (Wildman–Crippen LogP) is 8.22. The highest BCUT2D eigenvalue weighted by Crippen LogP contribution is 2.11. The minimum atomic E-state index is -0.380. The predicted molar refractivity (Wildman–Crippen MR) is 200 cm³/mol. The van der Waals surface area contributed by atoms with Crippen LogP contribution in [-0.4, -0.2) is 52.0 Å². The molecule has 49 heavy (non-hydrogen) atoms. The summed E-state index contributed by atoms with van der Waals surface area (Å²) < 4.78 is 0. The van der Waals surface area contributed by atoms with Crippen molar-refractivity contribution in [2.45, 2.75) is 103 Å². The topological polar surface area (TPSA) is 154 Å². The maximum absolute atomic E-state index is 10.0. The van der Waals surface area contributed by atoms with Gasteiger partial charge in [-0.05, 0) is 93.9 Å². The van der Waals surface area contributed by atoms with Crippen molar-refractivity contribution in [1.29, 1.82) is 0 Å². The number of benzene rings is 3. The van der Waals surface area contributed by atoms with Gasteiger partial charge in [-0.15, -0.1) is 0 Å². The molecule has 272 valence electrons. The van der Waals surface area contributed by atoms with Gasteiger partial charge in [0.2, 0.25) is 0 Å². The van der Waals surface area contributed by atoms with Crippen LogP contribution in [0.1, 0.15) is 103 Å². The minimum absolute atomic E-state index is 0.0625. The molecule has 0 fully saturated rings. The molecule has 0 spiro atoms. The first-order valence-corrected chi connectivity index (χ1v) is 15.2. The largest absolute Gasteiger partial charge is 0.300 e. The molecule has 0 atom stereocenters. The summed E-state index contributed by atoms with van der Waals surface area (Å²) in [6, 6.07) is 28.7. The number of carbonyl (C=O) groups is 9. The van der Waals surface area contributed by atoms with Crippen molar-refractivity contribution in [2.75, 3.05) is 0 Å². The van der Waals surface area contributed by atoms with Crippen LogP contribution in [0.3, 0.4) is 0 Å². The highest BCUT2D eigenvalue weighted by molar-refractivity contribution is 6.35. The van der Waals surface area contributed by atoms with E-state index in [0.717, 1.165) is 0 Å². The van der Waals surface area contributed by atoms with Gasteiger partial charge in [-0.25, -0.2) is 0 Å². The van der Waals surface area contributed by atoms with E-state index in [1.165, 1.54) is 108 Å². The molecule has 0 heterocycles. The quantitative estimate of drug-likeness (QED) is 0.196. The summed E-state index contributed by atoms with van der Waals surface area (Å²) >= 11 is 0. The van der Waals surface area contributed by atoms with Crippen molar-refractivity contribution in [3.05, 3.63) is 84.9 Å². The molecule has 0 aromatic heterocycles. The van der Waals surface area contributed by atoms with Crippen LogP contribution in [0.2, 0.25) is 0 Å². The molecule has 0 radical (unpaired) electrons. The fourth-order valence-corrected chi connectivity index (χ4v) is 1.87. The van der Waals surface area contributed by atoms with Gasteiger partial charge in [0.15, 0.2) is 11.6 Å². The second-order valence-electron chi connectivity index (χ2n) is 10.7. The van der Waals surface area contributed by atoms with E-state index in [-0.39, 0.29) is 58.5 Å². The Bertz CT molecular complexity index is 1170. The molecule has 0 aliphatic carbocycles. The molecule has 0 N–H and O–H groups in total. The molecule has 0 bridgehead atoms. The fourth-order valence-electron chi connectivity index (χ4n) is 1.87. The lowest BCUT2D eigenvalue weighted by atomic mass is 10.1. The normalized spacial score (nSPS) is 7.80. The van der Waals surface area contributed by atoms with E-state index in [2.05, 4.69) is 48.5 Å². The summed E-state index contributed by atoms with van der Waals surface area (Å²) in [6.45, 7) is 20.6. The van der Waals surface area contributed by atoms with E-state index in [1.54, 1.807) is 0 Å². The standard InChI is InChI=1S/C10H8.C6H6.C5H8O2.C4H6O2.5C3H6O/c1-2-6-10-8-4-3-7-9(10)5-1;1-2-4-6-5-3-1;1-4(6)3-5(2)7;1-3(5)4(2)6;5*1-3(2)4/h1-8H;1-6H;3H2,1-2H3;1-2H3;5*1-2H3. The average Bonchev–Trinajstić information content (AvgIpc) is 2.93. The number of Topliss-reactive ketones (excluding diaryl/α,β-unsaturated/α-hetero) is 9. The van der Waals surface area contributed by atoms with E-state index >= 15 is 0 Å². The average molecular weight is 683 g/mol. The van der Waals surface area contributed by atoms with Crippen LogP contribution in [0.4, 0.5) is 0 Å². The van der Waals surface area contributed by atoms with Gasteiger partial charge in [0.05, 0.1) is 6.42 Å². The first kappa shape index (κ1) is 56.3. The number of ketones is 9. The molecule has 0 amide bonds. The lowest BCUT2D eigenvalue weighted by Crippen LogP contribution is -2.01. The van der Waals surface area contributed by atoms with Crippen LogP contribution in [0, 0.1) is 0 Å². The number of carbonyl (C=O) groups excluding carboxylic acids is 9. The van der Waals surface area contributed by atoms with Gasteiger partial charge in [0, 0.05) is 13.8 Å². The smallest absolute Gasteiger partial charge is 0.195 e. The summed E-state index contributed by atoms with van der Waals surface area (Å²) in [5, 5.41) is 2.62. The Balaban J connectivity index is -0.000000109. The Labute approximate surface area is 293 Å². The number of hydrogen-bond acceptors (Lipinski definition) is 9. The van der Waals surface area contributed by atoms with Crippen molar-refractivity contribution in [1.82, 2.24) is 0 Å². The van der Waals surface area contributed by atoms with E-state index in [0.29, 0.717) is 0 Å². The van der Waals surface area contributed by atoms with Crippen LogP contribution < -0.4 is 0 Å². The highest BCUT2D eigenvalue weighted by Gasteiger charge is 1.95. The third-order valence-corrected chi connectivity index (χ3v) is 3.32. The van der Waals surface area contributed by atoms with Crippen molar-refractivity contribution in [3.8, 4) is 0 Å². The van der Waals surface area contributed by atoms with Crippen LogP contribution in [-0.2, 0) is 43.2 Å². The Hall–Kier alpha value is -5.05. The van der Waals surface area contributed by atoms with E-state index in [9.17, 15) is 43.2 Å². The molecule has 0 saturated heterocycles. The monoisotopic (exact) mass is 682 g/mol.